The Morgan fingerprint density at radius 3 is 2.52 bits per heavy atom. The molecule has 1 aromatic rings. The second-order valence-corrected chi connectivity index (χ2v) is 7.53. The van der Waals surface area contributed by atoms with Crippen LogP contribution in [0.5, 0.6) is 0 Å². The average molecular weight is 337 g/mol. The summed E-state index contributed by atoms with van der Waals surface area (Å²) in [6.07, 6.45) is 2.09. The molecule has 1 aliphatic rings. The molecular weight excluding hydrogens is 312 g/mol. The Kier molecular flexibility index (Phi) is 5.69. The third-order valence-electron chi connectivity index (χ3n) is 4.16. The molecule has 5 heteroatoms. The maximum atomic E-state index is 12.2. The van der Waals surface area contributed by atoms with Gasteiger partial charge in [0.2, 0.25) is 11.8 Å². The van der Waals surface area contributed by atoms with Crippen molar-refractivity contribution in [3.63, 3.8) is 0 Å². The molecule has 2 amide bonds. The van der Waals surface area contributed by atoms with Crippen LogP contribution in [0.3, 0.4) is 0 Å². The Labute approximate surface area is 143 Å². The number of benzene rings is 1. The first-order valence-electron chi connectivity index (χ1n) is 8.10. The Hall–Kier alpha value is -1.55. The smallest absolute Gasteiger partial charge is 0.225 e. The number of nitrogens with one attached hydrogen (secondary N) is 1. The van der Waals surface area contributed by atoms with Crippen molar-refractivity contribution in [2.45, 2.75) is 45.6 Å². The van der Waals surface area contributed by atoms with Crippen LogP contribution in [0, 0.1) is 5.92 Å². The molecular formula is C18H25ClN2O2. The minimum atomic E-state index is -0.225. The summed E-state index contributed by atoms with van der Waals surface area (Å²) in [6.45, 7) is 7.14. The van der Waals surface area contributed by atoms with Crippen LogP contribution in [0.2, 0.25) is 5.02 Å². The van der Waals surface area contributed by atoms with E-state index in [0.29, 0.717) is 19.5 Å². The monoisotopic (exact) mass is 336 g/mol. The van der Waals surface area contributed by atoms with Gasteiger partial charge in [0.25, 0.3) is 0 Å². The van der Waals surface area contributed by atoms with E-state index in [1.54, 1.807) is 4.90 Å². The van der Waals surface area contributed by atoms with E-state index in [4.69, 9.17) is 11.6 Å². The fourth-order valence-corrected chi connectivity index (χ4v) is 2.96. The van der Waals surface area contributed by atoms with Gasteiger partial charge >= 0.3 is 0 Å². The zero-order valence-corrected chi connectivity index (χ0v) is 14.8. The molecule has 0 bridgehead atoms. The number of hydrogen-bond donors (Lipinski definition) is 1. The zero-order chi connectivity index (χ0) is 17.0. The lowest BCUT2D eigenvalue weighted by molar-refractivity contribution is -0.132. The number of nitrogens with zero attached hydrogens (tertiary/aromatic N) is 1. The molecule has 0 spiro atoms. The topological polar surface area (TPSA) is 49.4 Å². The van der Waals surface area contributed by atoms with Gasteiger partial charge in [0.15, 0.2) is 0 Å². The molecule has 1 unspecified atom stereocenters. The number of amides is 2. The number of hydrogen-bond acceptors (Lipinski definition) is 2. The van der Waals surface area contributed by atoms with Crippen LogP contribution in [0.15, 0.2) is 24.3 Å². The molecule has 1 saturated heterocycles. The number of likely N-dealkylation sites (tertiary alicyclic amines) is 1. The van der Waals surface area contributed by atoms with Crippen LogP contribution in [-0.2, 0) is 16.0 Å². The molecule has 0 aliphatic carbocycles. The largest absolute Gasteiger partial charge is 0.356 e. The molecule has 0 radical (unpaired) electrons. The van der Waals surface area contributed by atoms with Gasteiger partial charge in [-0.25, -0.2) is 0 Å². The first-order chi connectivity index (χ1) is 10.8. The summed E-state index contributed by atoms with van der Waals surface area (Å²) >= 11 is 5.85. The average Bonchev–Trinajstić information content (AvgIpc) is 2.87. The van der Waals surface area contributed by atoms with Gasteiger partial charge in [0.05, 0.1) is 5.92 Å². The van der Waals surface area contributed by atoms with Gasteiger partial charge in [0, 0.05) is 30.1 Å². The summed E-state index contributed by atoms with van der Waals surface area (Å²) in [6, 6.07) is 7.75. The van der Waals surface area contributed by atoms with E-state index < -0.39 is 0 Å². The second kappa shape index (κ2) is 7.35. The normalized spacial score (nSPS) is 18.3. The second-order valence-electron chi connectivity index (χ2n) is 7.10. The molecule has 1 atom stereocenters. The fraction of sp³-hybridized carbons (Fsp3) is 0.556. The highest BCUT2D eigenvalue weighted by atomic mass is 35.5. The molecule has 1 fully saturated rings. The van der Waals surface area contributed by atoms with Crippen molar-refractivity contribution in [1.29, 1.82) is 0 Å². The molecule has 0 aromatic heterocycles. The maximum Gasteiger partial charge on any atom is 0.225 e. The highest BCUT2D eigenvalue weighted by molar-refractivity contribution is 6.30. The van der Waals surface area contributed by atoms with Crippen molar-refractivity contribution < 1.29 is 9.59 Å². The third kappa shape index (κ3) is 4.96. The summed E-state index contributed by atoms with van der Waals surface area (Å²) in [7, 11) is 0. The Bertz CT molecular complexity index is 563. The fourth-order valence-electron chi connectivity index (χ4n) is 2.83. The number of halogens is 1. The molecule has 1 N–H and O–H groups in total. The highest BCUT2D eigenvalue weighted by Crippen LogP contribution is 2.25. The molecule has 126 valence electrons. The van der Waals surface area contributed by atoms with E-state index in [-0.39, 0.29) is 23.3 Å². The standard InChI is InChI=1S/C18H25ClN2O2/c1-18(2,3)21-12-14(11-16(21)22)17(23)20-10-4-5-13-6-8-15(19)9-7-13/h6-9,14H,4-5,10-12H2,1-3H3,(H,20,23). The van der Waals surface area contributed by atoms with E-state index in [1.165, 1.54) is 5.56 Å². The number of rotatable bonds is 5. The van der Waals surface area contributed by atoms with Crippen molar-refractivity contribution in [3.8, 4) is 0 Å². The molecule has 4 nitrogen and oxygen atoms in total. The van der Waals surface area contributed by atoms with Crippen molar-refractivity contribution in [1.82, 2.24) is 10.2 Å². The minimum Gasteiger partial charge on any atom is -0.356 e. The minimum absolute atomic E-state index is 0.0128. The molecule has 2 rings (SSSR count). The molecule has 0 saturated carbocycles. The summed E-state index contributed by atoms with van der Waals surface area (Å²) in [5, 5.41) is 3.69. The summed E-state index contributed by atoms with van der Waals surface area (Å²) in [4.78, 5) is 26.0. The van der Waals surface area contributed by atoms with Gasteiger partial charge < -0.3 is 10.2 Å². The Morgan fingerprint density at radius 1 is 1.30 bits per heavy atom. The molecule has 1 aliphatic heterocycles. The van der Waals surface area contributed by atoms with Crippen molar-refractivity contribution in [3.05, 3.63) is 34.9 Å². The quantitative estimate of drug-likeness (QED) is 0.840. The van der Waals surface area contributed by atoms with Gasteiger partial charge in [0.1, 0.15) is 0 Å². The molecule has 1 aromatic carbocycles. The molecule has 23 heavy (non-hydrogen) atoms. The Balaban J connectivity index is 1.73. The van der Waals surface area contributed by atoms with E-state index in [1.807, 2.05) is 45.0 Å². The van der Waals surface area contributed by atoms with Crippen LogP contribution >= 0.6 is 11.6 Å². The summed E-state index contributed by atoms with van der Waals surface area (Å²) < 4.78 is 0. The predicted molar refractivity (Wildman–Crippen MR) is 92.4 cm³/mol. The van der Waals surface area contributed by atoms with Crippen LogP contribution in [0.25, 0.3) is 0 Å². The summed E-state index contributed by atoms with van der Waals surface area (Å²) in [5.41, 5.74) is 0.986. The Morgan fingerprint density at radius 2 is 1.96 bits per heavy atom. The molecule has 1 heterocycles. The van der Waals surface area contributed by atoms with Gasteiger partial charge in [-0.2, -0.15) is 0 Å². The maximum absolute atomic E-state index is 12.2. The lowest BCUT2D eigenvalue weighted by Gasteiger charge is -2.31. The lowest BCUT2D eigenvalue weighted by atomic mass is 10.1. The predicted octanol–water partition coefficient (Wildman–Crippen LogP) is 3.04. The van der Waals surface area contributed by atoms with E-state index in [0.717, 1.165) is 17.9 Å². The zero-order valence-electron chi connectivity index (χ0n) is 14.1. The number of aryl methyl sites for hydroxylation is 1. The van der Waals surface area contributed by atoms with Crippen LogP contribution < -0.4 is 5.32 Å². The van der Waals surface area contributed by atoms with Crippen molar-refractivity contribution >= 4 is 23.4 Å². The first kappa shape index (κ1) is 17.8. The SMILES string of the molecule is CC(C)(C)N1CC(C(=O)NCCCc2ccc(Cl)cc2)CC1=O. The van der Waals surface area contributed by atoms with E-state index in [9.17, 15) is 9.59 Å². The van der Waals surface area contributed by atoms with Crippen molar-refractivity contribution in [2.24, 2.45) is 5.92 Å². The van der Waals surface area contributed by atoms with Crippen LogP contribution in [0.4, 0.5) is 0 Å². The third-order valence-corrected chi connectivity index (χ3v) is 4.41. The number of carbonyl (C=O) groups is 2. The highest BCUT2D eigenvalue weighted by Gasteiger charge is 2.39. The van der Waals surface area contributed by atoms with Crippen LogP contribution in [0.1, 0.15) is 39.2 Å². The van der Waals surface area contributed by atoms with Gasteiger partial charge in [-0.3, -0.25) is 9.59 Å². The van der Waals surface area contributed by atoms with Crippen molar-refractivity contribution in [2.75, 3.05) is 13.1 Å². The lowest BCUT2D eigenvalue weighted by Crippen LogP contribution is -2.43. The first-order valence-corrected chi connectivity index (χ1v) is 8.48. The van der Waals surface area contributed by atoms with Gasteiger partial charge in [-0.15, -0.1) is 0 Å². The van der Waals surface area contributed by atoms with E-state index in [2.05, 4.69) is 5.32 Å². The van der Waals surface area contributed by atoms with E-state index >= 15 is 0 Å². The van der Waals surface area contributed by atoms with Crippen LogP contribution in [-0.4, -0.2) is 35.3 Å². The van der Waals surface area contributed by atoms with Gasteiger partial charge in [-0.05, 0) is 51.3 Å². The number of carbonyl (C=O) groups excluding carboxylic acids is 2. The van der Waals surface area contributed by atoms with Gasteiger partial charge in [-0.1, -0.05) is 23.7 Å². The summed E-state index contributed by atoms with van der Waals surface area (Å²) in [5.74, 6) is -0.169.